The number of carbonyl (C=O) groups is 2. The van der Waals surface area contributed by atoms with E-state index in [1.165, 1.54) is 6.08 Å². The van der Waals surface area contributed by atoms with Crippen molar-refractivity contribution in [3.8, 4) is 5.75 Å². The number of ether oxygens (including phenoxy) is 1. The number of hydrogen-bond donors (Lipinski definition) is 2. The summed E-state index contributed by atoms with van der Waals surface area (Å²) in [4.78, 5) is 22.7. The number of carbonyl (C=O) groups excluding carboxylic acids is 1. The summed E-state index contributed by atoms with van der Waals surface area (Å²) in [5.74, 6) is -0.537. The first kappa shape index (κ1) is 15.1. The van der Waals surface area contributed by atoms with Gasteiger partial charge in [-0.15, -0.1) is 0 Å². The third kappa shape index (κ3) is 4.34. The van der Waals surface area contributed by atoms with Gasteiger partial charge in [0.05, 0.1) is 13.0 Å². The first-order valence-corrected chi connectivity index (χ1v) is 6.94. The van der Waals surface area contributed by atoms with E-state index >= 15 is 0 Å². The van der Waals surface area contributed by atoms with Gasteiger partial charge in [0.15, 0.2) is 0 Å². The molecule has 1 aromatic rings. The number of methoxy groups -OCH3 is 1. The zero-order chi connectivity index (χ0) is 15.2. The Hall–Kier alpha value is -2.30. The lowest BCUT2D eigenvalue weighted by Crippen LogP contribution is -2.31. The van der Waals surface area contributed by atoms with Gasteiger partial charge >= 0.3 is 5.97 Å². The van der Waals surface area contributed by atoms with Crippen LogP contribution in [0.3, 0.4) is 0 Å². The Morgan fingerprint density at radius 2 is 2.00 bits per heavy atom. The van der Waals surface area contributed by atoms with E-state index in [1.54, 1.807) is 13.2 Å². The average molecular weight is 289 g/mol. The number of rotatable bonds is 5. The van der Waals surface area contributed by atoms with Crippen molar-refractivity contribution in [3.05, 3.63) is 35.9 Å². The summed E-state index contributed by atoms with van der Waals surface area (Å²) in [5, 5.41) is 11.8. The van der Waals surface area contributed by atoms with E-state index in [0.717, 1.165) is 17.7 Å². The minimum atomic E-state index is -0.777. The SMILES string of the molecule is COc1ccc(/C=C/C(=O)N[C@H]2CC[C@@H](C(=O)O)C2)cc1. The molecule has 0 aromatic heterocycles. The Kier molecular flexibility index (Phi) is 4.98. The lowest BCUT2D eigenvalue weighted by Gasteiger charge is -2.10. The van der Waals surface area contributed by atoms with Crippen LogP contribution in [-0.2, 0) is 9.59 Å². The maximum atomic E-state index is 11.8. The monoisotopic (exact) mass is 289 g/mol. The van der Waals surface area contributed by atoms with Crippen LogP contribution in [0.5, 0.6) is 5.75 Å². The predicted molar refractivity (Wildman–Crippen MR) is 78.9 cm³/mol. The fourth-order valence-electron chi connectivity index (χ4n) is 2.47. The van der Waals surface area contributed by atoms with Gasteiger partial charge in [0.2, 0.25) is 5.91 Å². The Labute approximate surface area is 123 Å². The predicted octanol–water partition coefficient (Wildman–Crippen LogP) is 2.08. The molecule has 1 amide bonds. The van der Waals surface area contributed by atoms with Gasteiger partial charge in [-0.05, 0) is 43.0 Å². The molecule has 1 aliphatic rings. The first-order valence-electron chi connectivity index (χ1n) is 6.94. The summed E-state index contributed by atoms with van der Waals surface area (Å²) in [6.45, 7) is 0. The third-order valence-electron chi connectivity index (χ3n) is 3.67. The molecule has 0 saturated heterocycles. The van der Waals surface area contributed by atoms with Crippen LogP contribution >= 0.6 is 0 Å². The smallest absolute Gasteiger partial charge is 0.306 e. The number of nitrogens with one attached hydrogen (secondary N) is 1. The van der Waals surface area contributed by atoms with Gasteiger partial charge < -0.3 is 15.2 Å². The van der Waals surface area contributed by atoms with Gasteiger partial charge in [-0.2, -0.15) is 0 Å². The molecule has 0 heterocycles. The second-order valence-corrected chi connectivity index (χ2v) is 5.16. The van der Waals surface area contributed by atoms with Crippen LogP contribution in [0.1, 0.15) is 24.8 Å². The Morgan fingerprint density at radius 3 is 2.57 bits per heavy atom. The summed E-state index contributed by atoms with van der Waals surface area (Å²) in [5.41, 5.74) is 0.904. The highest BCUT2D eigenvalue weighted by Gasteiger charge is 2.30. The van der Waals surface area contributed by atoms with Crippen molar-refractivity contribution in [3.63, 3.8) is 0 Å². The van der Waals surface area contributed by atoms with E-state index < -0.39 is 5.97 Å². The number of benzene rings is 1. The highest BCUT2D eigenvalue weighted by atomic mass is 16.5. The largest absolute Gasteiger partial charge is 0.497 e. The van der Waals surface area contributed by atoms with Crippen LogP contribution in [0.25, 0.3) is 6.08 Å². The molecule has 1 aliphatic carbocycles. The number of hydrogen-bond acceptors (Lipinski definition) is 3. The second kappa shape index (κ2) is 6.92. The lowest BCUT2D eigenvalue weighted by atomic mass is 10.1. The maximum Gasteiger partial charge on any atom is 0.306 e. The highest BCUT2D eigenvalue weighted by molar-refractivity contribution is 5.92. The molecule has 5 heteroatoms. The Bertz CT molecular complexity index is 536. The van der Waals surface area contributed by atoms with Crippen LogP contribution in [-0.4, -0.2) is 30.1 Å². The number of aliphatic carboxylic acids is 1. The quantitative estimate of drug-likeness (QED) is 0.814. The summed E-state index contributed by atoms with van der Waals surface area (Å²) in [6, 6.07) is 7.33. The molecule has 2 atom stereocenters. The average Bonchev–Trinajstić information content (AvgIpc) is 2.94. The van der Waals surface area contributed by atoms with E-state index in [1.807, 2.05) is 24.3 Å². The van der Waals surface area contributed by atoms with Crippen molar-refractivity contribution in [2.24, 2.45) is 5.92 Å². The molecule has 0 bridgehead atoms. The van der Waals surface area contributed by atoms with Crippen LogP contribution in [0.4, 0.5) is 0 Å². The molecule has 0 spiro atoms. The molecule has 1 fully saturated rings. The number of carboxylic acids is 1. The summed E-state index contributed by atoms with van der Waals surface area (Å²) >= 11 is 0. The van der Waals surface area contributed by atoms with Crippen molar-refractivity contribution in [1.29, 1.82) is 0 Å². The van der Waals surface area contributed by atoms with Crippen molar-refractivity contribution >= 4 is 18.0 Å². The van der Waals surface area contributed by atoms with E-state index in [-0.39, 0.29) is 17.9 Å². The van der Waals surface area contributed by atoms with Gasteiger partial charge in [0, 0.05) is 12.1 Å². The molecule has 112 valence electrons. The number of amides is 1. The number of carboxylic acid groups (broad SMARTS) is 1. The van der Waals surface area contributed by atoms with Gasteiger partial charge in [-0.1, -0.05) is 12.1 Å². The zero-order valence-electron chi connectivity index (χ0n) is 11.9. The van der Waals surface area contributed by atoms with E-state index in [4.69, 9.17) is 9.84 Å². The maximum absolute atomic E-state index is 11.8. The summed E-state index contributed by atoms with van der Waals surface area (Å²) < 4.78 is 5.06. The summed E-state index contributed by atoms with van der Waals surface area (Å²) in [6.07, 6.45) is 5.05. The van der Waals surface area contributed by atoms with Crippen molar-refractivity contribution in [2.75, 3.05) is 7.11 Å². The molecule has 0 unspecified atom stereocenters. The topological polar surface area (TPSA) is 75.6 Å². The van der Waals surface area contributed by atoms with Gasteiger partial charge in [-0.3, -0.25) is 9.59 Å². The van der Waals surface area contributed by atoms with Gasteiger partial charge in [0.25, 0.3) is 0 Å². The van der Waals surface area contributed by atoms with Crippen LogP contribution in [0.2, 0.25) is 0 Å². The van der Waals surface area contributed by atoms with Crippen LogP contribution in [0, 0.1) is 5.92 Å². The molecule has 2 N–H and O–H groups in total. The molecule has 2 rings (SSSR count). The van der Waals surface area contributed by atoms with Crippen molar-refractivity contribution in [1.82, 2.24) is 5.32 Å². The normalized spacial score (nSPS) is 21.4. The van der Waals surface area contributed by atoms with Crippen LogP contribution < -0.4 is 10.1 Å². The fourth-order valence-corrected chi connectivity index (χ4v) is 2.47. The van der Waals surface area contributed by atoms with E-state index in [0.29, 0.717) is 12.8 Å². The third-order valence-corrected chi connectivity index (χ3v) is 3.67. The van der Waals surface area contributed by atoms with Crippen molar-refractivity contribution < 1.29 is 19.4 Å². The lowest BCUT2D eigenvalue weighted by molar-refractivity contribution is -0.141. The Balaban J connectivity index is 1.84. The van der Waals surface area contributed by atoms with Gasteiger partial charge in [-0.25, -0.2) is 0 Å². The molecule has 5 nitrogen and oxygen atoms in total. The fraction of sp³-hybridized carbons (Fsp3) is 0.375. The highest BCUT2D eigenvalue weighted by Crippen LogP contribution is 2.25. The van der Waals surface area contributed by atoms with E-state index in [9.17, 15) is 9.59 Å². The van der Waals surface area contributed by atoms with E-state index in [2.05, 4.69) is 5.32 Å². The standard InChI is InChI=1S/C16H19NO4/c1-21-14-7-2-11(3-8-14)4-9-15(18)17-13-6-5-12(10-13)16(19)20/h2-4,7-9,12-13H,5-6,10H2,1H3,(H,17,18)(H,19,20)/b9-4+/t12-,13+/m1/s1. The molecule has 1 saturated carbocycles. The first-order chi connectivity index (χ1) is 10.1. The minimum absolute atomic E-state index is 0.0425. The molecular weight excluding hydrogens is 270 g/mol. The second-order valence-electron chi connectivity index (χ2n) is 5.16. The molecular formula is C16H19NO4. The molecule has 0 aliphatic heterocycles. The zero-order valence-corrected chi connectivity index (χ0v) is 11.9. The Morgan fingerprint density at radius 1 is 1.29 bits per heavy atom. The molecule has 1 aromatic carbocycles. The van der Waals surface area contributed by atoms with Crippen molar-refractivity contribution in [2.45, 2.75) is 25.3 Å². The van der Waals surface area contributed by atoms with Crippen LogP contribution in [0.15, 0.2) is 30.3 Å². The molecule has 0 radical (unpaired) electrons. The minimum Gasteiger partial charge on any atom is -0.497 e. The molecule has 21 heavy (non-hydrogen) atoms. The van der Waals surface area contributed by atoms with Gasteiger partial charge in [0.1, 0.15) is 5.75 Å². The summed E-state index contributed by atoms with van der Waals surface area (Å²) in [7, 11) is 1.60.